The molecule has 14 heavy (non-hydrogen) atoms. The van der Waals surface area contributed by atoms with Gasteiger partial charge in [-0.15, -0.1) is 0 Å². The molecule has 0 aliphatic heterocycles. The van der Waals surface area contributed by atoms with Crippen LogP contribution in [-0.2, 0) is 17.6 Å². The van der Waals surface area contributed by atoms with Gasteiger partial charge in [-0.1, -0.05) is 46.6 Å². The molecule has 0 aromatic heterocycles. The zero-order chi connectivity index (χ0) is 10.6. The number of rotatable bonds is 4. The summed E-state index contributed by atoms with van der Waals surface area (Å²) in [4.78, 5) is 11.2. The first-order valence-corrected chi connectivity index (χ1v) is 6.02. The van der Waals surface area contributed by atoms with Gasteiger partial charge in [0.1, 0.15) is 5.78 Å². The lowest BCUT2D eigenvalue weighted by Gasteiger charge is -2.04. The SMILES string of the molecule is CCc1cc(CC(=O)CBr)ccc1Cl. The smallest absolute Gasteiger partial charge is 0.147 e. The summed E-state index contributed by atoms with van der Waals surface area (Å²) in [5.74, 6) is 0.189. The van der Waals surface area contributed by atoms with Crippen LogP contribution in [0.25, 0.3) is 0 Å². The number of halogens is 2. The van der Waals surface area contributed by atoms with E-state index >= 15 is 0 Å². The summed E-state index contributed by atoms with van der Waals surface area (Å²) in [7, 11) is 0. The fourth-order valence-corrected chi connectivity index (χ4v) is 1.73. The van der Waals surface area contributed by atoms with Crippen LogP contribution in [0.1, 0.15) is 18.1 Å². The molecular formula is C11H12BrClO. The van der Waals surface area contributed by atoms with Gasteiger partial charge in [0.25, 0.3) is 0 Å². The van der Waals surface area contributed by atoms with Gasteiger partial charge in [0, 0.05) is 11.4 Å². The van der Waals surface area contributed by atoms with Crippen LogP contribution in [0.2, 0.25) is 5.02 Å². The van der Waals surface area contributed by atoms with Crippen molar-refractivity contribution < 1.29 is 4.79 Å². The normalized spacial score (nSPS) is 10.2. The number of carbonyl (C=O) groups excluding carboxylic acids is 1. The summed E-state index contributed by atoms with van der Waals surface area (Å²) in [6.07, 6.45) is 1.38. The molecule has 0 aliphatic rings. The first kappa shape index (κ1) is 11.7. The highest BCUT2D eigenvalue weighted by molar-refractivity contribution is 9.09. The largest absolute Gasteiger partial charge is 0.298 e. The van der Waals surface area contributed by atoms with E-state index in [9.17, 15) is 4.79 Å². The molecule has 0 unspecified atom stereocenters. The Bertz CT molecular complexity index is 336. The van der Waals surface area contributed by atoms with E-state index in [1.165, 1.54) is 0 Å². The molecule has 0 atom stereocenters. The number of carbonyl (C=O) groups is 1. The third-order valence-electron chi connectivity index (χ3n) is 2.04. The van der Waals surface area contributed by atoms with Crippen LogP contribution in [-0.4, -0.2) is 11.1 Å². The van der Waals surface area contributed by atoms with Crippen molar-refractivity contribution in [3.8, 4) is 0 Å². The average molecular weight is 276 g/mol. The highest BCUT2D eigenvalue weighted by Crippen LogP contribution is 2.18. The second-order valence-electron chi connectivity index (χ2n) is 3.13. The fourth-order valence-electron chi connectivity index (χ4n) is 1.28. The summed E-state index contributed by atoms with van der Waals surface area (Å²) in [6.45, 7) is 2.05. The van der Waals surface area contributed by atoms with Gasteiger partial charge in [-0.2, -0.15) is 0 Å². The van der Waals surface area contributed by atoms with Gasteiger partial charge in [-0.05, 0) is 23.6 Å². The minimum atomic E-state index is 0.189. The maximum Gasteiger partial charge on any atom is 0.147 e. The summed E-state index contributed by atoms with van der Waals surface area (Å²) >= 11 is 9.12. The molecule has 1 aromatic rings. The molecule has 0 aliphatic carbocycles. The molecule has 1 nitrogen and oxygen atoms in total. The first-order chi connectivity index (χ1) is 6.67. The molecule has 76 valence electrons. The number of ketones is 1. The molecule has 0 amide bonds. The molecule has 3 heteroatoms. The Morgan fingerprint density at radius 1 is 1.50 bits per heavy atom. The van der Waals surface area contributed by atoms with Gasteiger partial charge >= 0.3 is 0 Å². The van der Waals surface area contributed by atoms with E-state index in [-0.39, 0.29) is 5.78 Å². The van der Waals surface area contributed by atoms with Crippen molar-refractivity contribution in [1.29, 1.82) is 0 Å². The van der Waals surface area contributed by atoms with Gasteiger partial charge < -0.3 is 0 Å². The maximum absolute atomic E-state index is 11.2. The highest BCUT2D eigenvalue weighted by Gasteiger charge is 2.04. The maximum atomic E-state index is 11.2. The third kappa shape index (κ3) is 3.10. The van der Waals surface area contributed by atoms with Crippen molar-refractivity contribution >= 4 is 33.3 Å². The zero-order valence-electron chi connectivity index (χ0n) is 8.02. The molecule has 0 spiro atoms. The van der Waals surface area contributed by atoms with Gasteiger partial charge in [-0.3, -0.25) is 4.79 Å². The number of alkyl halides is 1. The van der Waals surface area contributed by atoms with Crippen molar-refractivity contribution in [1.82, 2.24) is 0 Å². The van der Waals surface area contributed by atoms with Gasteiger partial charge in [0.15, 0.2) is 0 Å². The van der Waals surface area contributed by atoms with Crippen molar-refractivity contribution in [2.24, 2.45) is 0 Å². The van der Waals surface area contributed by atoms with Crippen molar-refractivity contribution in [3.05, 3.63) is 34.3 Å². The molecule has 0 saturated carbocycles. The Balaban J connectivity index is 2.84. The molecule has 0 N–H and O–H groups in total. The van der Waals surface area contributed by atoms with E-state index < -0.39 is 0 Å². The molecular weight excluding hydrogens is 263 g/mol. The van der Waals surface area contributed by atoms with Crippen LogP contribution in [0.3, 0.4) is 0 Å². The molecule has 1 aromatic carbocycles. The van der Waals surface area contributed by atoms with Gasteiger partial charge in [0.2, 0.25) is 0 Å². The second kappa shape index (κ2) is 5.52. The standard InChI is InChI=1S/C11H12BrClO/c1-2-9-5-8(3-4-11(9)13)6-10(14)7-12/h3-5H,2,6-7H2,1H3. The van der Waals surface area contributed by atoms with Crippen LogP contribution in [0.15, 0.2) is 18.2 Å². The molecule has 0 radical (unpaired) electrons. The van der Waals surface area contributed by atoms with Gasteiger partial charge in [-0.25, -0.2) is 0 Å². The highest BCUT2D eigenvalue weighted by atomic mass is 79.9. The van der Waals surface area contributed by atoms with E-state index in [1.54, 1.807) is 0 Å². The lowest BCUT2D eigenvalue weighted by Crippen LogP contribution is -2.03. The van der Waals surface area contributed by atoms with Crippen LogP contribution in [0.4, 0.5) is 0 Å². The van der Waals surface area contributed by atoms with Crippen molar-refractivity contribution in [3.63, 3.8) is 0 Å². The lowest BCUT2D eigenvalue weighted by molar-refractivity contribution is -0.115. The topological polar surface area (TPSA) is 17.1 Å². The number of hydrogen-bond donors (Lipinski definition) is 0. The minimum Gasteiger partial charge on any atom is -0.298 e. The first-order valence-electron chi connectivity index (χ1n) is 4.52. The summed E-state index contributed by atoms with van der Waals surface area (Å²) in [5.41, 5.74) is 2.14. The van der Waals surface area contributed by atoms with Crippen molar-refractivity contribution in [2.75, 3.05) is 5.33 Å². The van der Waals surface area contributed by atoms with Crippen molar-refractivity contribution in [2.45, 2.75) is 19.8 Å². The summed E-state index contributed by atoms with van der Waals surface area (Å²) < 4.78 is 0. The van der Waals surface area contributed by atoms with E-state index in [0.29, 0.717) is 11.8 Å². The number of Topliss-reactive ketones (excluding diaryl/α,β-unsaturated/α-hetero) is 1. The Morgan fingerprint density at radius 2 is 2.21 bits per heavy atom. The van der Waals surface area contributed by atoms with Crippen LogP contribution >= 0.6 is 27.5 Å². The zero-order valence-corrected chi connectivity index (χ0v) is 10.4. The predicted molar refractivity (Wildman–Crippen MR) is 63.3 cm³/mol. The molecule has 1 rings (SSSR count). The average Bonchev–Trinajstić information content (AvgIpc) is 2.20. The predicted octanol–water partition coefficient (Wildman–Crippen LogP) is 3.41. The fraction of sp³-hybridized carbons (Fsp3) is 0.364. The van der Waals surface area contributed by atoms with Gasteiger partial charge in [0.05, 0.1) is 5.33 Å². The Labute approximate surface area is 97.6 Å². The lowest BCUT2D eigenvalue weighted by atomic mass is 10.1. The Morgan fingerprint density at radius 3 is 2.79 bits per heavy atom. The molecule has 0 bridgehead atoms. The van der Waals surface area contributed by atoms with E-state index in [2.05, 4.69) is 22.9 Å². The van der Waals surface area contributed by atoms with E-state index in [1.807, 2.05) is 18.2 Å². The Kier molecular flexibility index (Phi) is 4.63. The minimum absolute atomic E-state index is 0.189. The number of hydrogen-bond acceptors (Lipinski definition) is 1. The van der Waals surface area contributed by atoms with Crippen LogP contribution < -0.4 is 0 Å². The summed E-state index contributed by atoms with van der Waals surface area (Å²) in [5, 5.41) is 1.19. The Hall–Kier alpha value is -0.340. The molecule has 0 saturated heterocycles. The van der Waals surface area contributed by atoms with Crippen LogP contribution in [0, 0.1) is 0 Å². The monoisotopic (exact) mass is 274 g/mol. The van der Waals surface area contributed by atoms with E-state index in [4.69, 9.17) is 11.6 Å². The number of aryl methyl sites for hydroxylation is 1. The second-order valence-corrected chi connectivity index (χ2v) is 4.10. The van der Waals surface area contributed by atoms with E-state index in [0.717, 1.165) is 22.6 Å². The quantitative estimate of drug-likeness (QED) is 0.770. The third-order valence-corrected chi connectivity index (χ3v) is 3.04. The van der Waals surface area contributed by atoms with Crippen LogP contribution in [0.5, 0.6) is 0 Å². The molecule has 0 fully saturated rings. The number of benzene rings is 1. The summed E-state index contributed by atoms with van der Waals surface area (Å²) in [6, 6.07) is 5.77. The molecule has 0 heterocycles.